The van der Waals surface area contributed by atoms with Crippen LogP contribution in [0.4, 0.5) is 4.79 Å². The van der Waals surface area contributed by atoms with E-state index in [9.17, 15) is 9.35 Å². The van der Waals surface area contributed by atoms with Crippen LogP contribution in [0.3, 0.4) is 0 Å². The Labute approximate surface area is 174 Å². The molecule has 0 aromatic carbocycles. The maximum absolute atomic E-state index is 13.1. The summed E-state index contributed by atoms with van der Waals surface area (Å²) in [5.41, 5.74) is 0. The maximum Gasteiger partial charge on any atom is 0.437 e. The van der Waals surface area contributed by atoms with Crippen LogP contribution in [-0.4, -0.2) is 51.2 Å². The van der Waals surface area contributed by atoms with Gasteiger partial charge in [0.05, 0.1) is 30.6 Å². The monoisotopic (exact) mass is 459 g/mol. The summed E-state index contributed by atoms with van der Waals surface area (Å²) in [5, 5.41) is 6.74. The zero-order valence-electron chi connectivity index (χ0n) is 16.3. The maximum atomic E-state index is 13.1. The molecule has 1 fully saturated rings. The molecular weight excluding hydrogens is 429 g/mol. The molecule has 0 aliphatic heterocycles. The largest absolute Gasteiger partial charge is 0.596 e. The molecule has 8 nitrogen and oxygen atoms in total. The van der Waals surface area contributed by atoms with E-state index in [2.05, 4.69) is 10.5 Å². The number of amides is 1. The van der Waals surface area contributed by atoms with E-state index in [1.807, 2.05) is 20.1 Å². The summed E-state index contributed by atoms with van der Waals surface area (Å²) < 4.78 is 26.3. The van der Waals surface area contributed by atoms with Crippen molar-refractivity contribution >= 4 is 52.7 Å². The van der Waals surface area contributed by atoms with Crippen LogP contribution >= 0.6 is 18.4 Å². The summed E-state index contributed by atoms with van der Waals surface area (Å²) in [6, 6.07) is 0.0121. The summed E-state index contributed by atoms with van der Waals surface area (Å²) in [5.74, 6) is -0.137. The lowest BCUT2D eigenvalue weighted by Crippen LogP contribution is -2.44. The second-order valence-electron chi connectivity index (χ2n) is 5.73. The fraction of sp³-hybridized carbons (Fsp3) is 0.867. The predicted octanol–water partition coefficient (Wildman–Crippen LogP) is 3.96. The molecule has 0 aromatic rings. The third kappa shape index (κ3) is 8.57. The molecule has 158 valence electrons. The molecule has 0 saturated heterocycles. The van der Waals surface area contributed by atoms with Crippen molar-refractivity contribution < 1.29 is 23.2 Å². The highest BCUT2D eigenvalue weighted by Crippen LogP contribution is 2.56. The number of nitrogens with zero attached hydrogens (tertiary/aromatic N) is 2. The summed E-state index contributed by atoms with van der Waals surface area (Å²) in [6.07, 6.45) is 6.07. The van der Waals surface area contributed by atoms with Crippen LogP contribution in [0.2, 0.25) is 0 Å². The second-order valence-corrected chi connectivity index (χ2v) is 11.6. The summed E-state index contributed by atoms with van der Waals surface area (Å²) in [4.78, 5) is 16.5. The van der Waals surface area contributed by atoms with Crippen LogP contribution in [0.25, 0.3) is 0 Å². The third-order valence-electron chi connectivity index (χ3n) is 3.81. The predicted molar refractivity (Wildman–Crippen MR) is 115 cm³/mol. The minimum Gasteiger partial charge on any atom is -0.596 e. The fourth-order valence-electron chi connectivity index (χ4n) is 2.62. The van der Waals surface area contributed by atoms with Gasteiger partial charge in [0, 0.05) is 0 Å². The van der Waals surface area contributed by atoms with Crippen molar-refractivity contribution in [1.29, 1.82) is 0 Å². The quantitative estimate of drug-likeness (QED) is 0.131. The highest BCUT2D eigenvalue weighted by atomic mass is 32.5. The average Bonchev–Trinajstić information content (AvgIpc) is 2.65. The van der Waals surface area contributed by atoms with Gasteiger partial charge in [-0.2, -0.15) is 0 Å². The van der Waals surface area contributed by atoms with Gasteiger partial charge in [0.1, 0.15) is 5.04 Å². The van der Waals surface area contributed by atoms with Gasteiger partial charge < -0.3 is 13.6 Å². The highest BCUT2D eigenvalue weighted by molar-refractivity contribution is 8.13. The highest BCUT2D eigenvalue weighted by Gasteiger charge is 2.43. The molecule has 1 saturated carbocycles. The van der Waals surface area contributed by atoms with E-state index in [-0.39, 0.29) is 11.9 Å². The van der Waals surface area contributed by atoms with Crippen LogP contribution in [-0.2, 0) is 37.1 Å². The Morgan fingerprint density at radius 2 is 1.93 bits per heavy atom. The Balaban J connectivity index is 2.84. The van der Waals surface area contributed by atoms with Gasteiger partial charge in [-0.3, -0.25) is 10.2 Å². The molecule has 0 spiro atoms. The van der Waals surface area contributed by atoms with E-state index in [4.69, 9.17) is 25.7 Å². The van der Waals surface area contributed by atoms with E-state index in [0.717, 1.165) is 32.1 Å². The zero-order chi connectivity index (χ0) is 20.3. The lowest BCUT2D eigenvalue weighted by atomic mass is 9.96. The van der Waals surface area contributed by atoms with Crippen molar-refractivity contribution in [3.63, 3.8) is 0 Å². The molecule has 0 bridgehead atoms. The molecule has 1 rings (SSSR count). The second kappa shape index (κ2) is 13.4. The summed E-state index contributed by atoms with van der Waals surface area (Å²) in [6.45, 7) is 3.23. The van der Waals surface area contributed by atoms with Gasteiger partial charge in [0.15, 0.2) is 0 Å². The lowest BCUT2D eigenvalue weighted by molar-refractivity contribution is 0.152. The summed E-state index contributed by atoms with van der Waals surface area (Å²) in [7, 11) is 0. The molecule has 1 unspecified atom stereocenters. The first-order valence-electron chi connectivity index (χ1n) is 8.98. The van der Waals surface area contributed by atoms with Gasteiger partial charge in [-0.25, -0.2) is 4.79 Å². The molecule has 0 radical (unpaired) electrons. The van der Waals surface area contributed by atoms with Gasteiger partial charge in [0.2, 0.25) is 5.88 Å². The molecular formula is C15H30N3O5PS3. The van der Waals surface area contributed by atoms with Gasteiger partial charge >= 0.3 is 12.7 Å². The van der Waals surface area contributed by atoms with Crippen molar-refractivity contribution in [2.75, 3.05) is 25.3 Å². The van der Waals surface area contributed by atoms with E-state index < -0.39 is 24.1 Å². The molecule has 1 aliphatic carbocycles. The minimum absolute atomic E-state index is 0.0121. The van der Waals surface area contributed by atoms with Crippen molar-refractivity contribution in [3.8, 4) is 0 Å². The third-order valence-corrected chi connectivity index (χ3v) is 10.2. The first kappa shape index (κ1) is 25.2. The van der Waals surface area contributed by atoms with E-state index >= 15 is 0 Å². The van der Waals surface area contributed by atoms with Crippen molar-refractivity contribution in [2.24, 2.45) is 5.16 Å². The van der Waals surface area contributed by atoms with E-state index in [1.54, 1.807) is 11.0 Å². The normalized spacial score (nSPS) is 17.8. The van der Waals surface area contributed by atoms with Crippen molar-refractivity contribution in [2.45, 2.75) is 58.9 Å². The van der Waals surface area contributed by atoms with Crippen LogP contribution in [0.15, 0.2) is 5.16 Å². The average molecular weight is 460 g/mol. The SMILES string of the molecule is CCOP(=S)(OCC)N(C1CCCCC1)[S+]([O-])CNC(=O)ON=C(C)SC. The Hall–Kier alpha value is 0.130. The smallest absolute Gasteiger partial charge is 0.437 e. The minimum atomic E-state index is -2.91. The number of oxime groups is 1. The molecule has 12 heteroatoms. The van der Waals surface area contributed by atoms with Crippen LogP contribution in [0.5, 0.6) is 0 Å². The van der Waals surface area contributed by atoms with Gasteiger partial charge in [-0.1, -0.05) is 24.4 Å². The molecule has 1 aliphatic rings. The number of carbonyl (C=O) groups is 1. The zero-order valence-corrected chi connectivity index (χ0v) is 19.7. The van der Waals surface area contributed by atoms with Crippen molar-refractivity contribution in [3.05, 3.63) is 0 Å². The summed E-state index contributed by atoms with van der Waals surface area (Å²) >= 11 is 5.45. The number of rotatable bonds is 10. The first-order chi connectivity index (χ1) is 12.9. The fourth-order valence-corrected chi connectivity index (χ4v) is 8.28. The number of thioether (sulfide) groups is 1. The Kier molecular flexibility index (Phi) is 12.5. The molecule has 0 heterocycles. The molecule has 27 heavy (non-hydrogen) atoms. The molecule has 1 atom stereocenters. The molecule has 1 amide bonds. The van der Waals surface area contributed by atoms with Gasteiger partial charge in [0.25, 0.3) is 0 Å². The van der Waals surface area contributed by atoms with Crippen LogP contribution in [0.1, 0.15) is 52.9 Å². The number of nitrogens with one attached hydrogen (secondary N) is 1. The van der Waals surface area contributed by atoms with E-state index in [1.165, 1.54) is 11.8 Å². The molecule has 1 N–H and O–H groups in total. The number of carbonyl (C=O) groups excluding carboxylic acids is 1. The standard InChI is InChI=1S/C15H30N3O5PS3/c1-5-21-24(25,22-6-2)18(14-10-8-7-9-11-14)27(20)12-16-15(19)23-17-13(3)26-4/h14H,5-12H2,1-4H3,(H,16,19). The van der Waals surface area contributed by atoms with Gasteiger partial charge in [-0.15, -0.1) is 11.8 Å². The van der Waals surface area contributed by atoms with E-state index in [0.29, 0.717) is 18.3 Å². The number of hydrogen-bond acceptors (Lipinski definition) is 8. The first-order valence-corrected chi connectivity index (χ1v) is 14.1. The number of hydrogen-bond donors (Lipinski definition) is 1. The van der Waals surface area contributed by atoms with Gasteiger partial charge in [-0.05, 0) is 55.8 Å². The lowest BCUT2D eigenvalue weighted by Gasteiger charge is -2.38. The van der Waals surface area contributed by atoms with Crippen LogP contribution in [0, 0.1) is 0 Å². The Morgan fingerprint density at radius 3 is 2.44 bits per heavy atom. The Morgan fingerprint density at radius 1 is 1.33 bits per heavy atom. The van der Waals surface area contributed by atoms with Crippen LogP contribution < -0.4 is 5.32 Å². The topological polar surface area (TPSA) is 95.5 Å². The Bertz CT molecular complexity index is 525. The molecule has 0 aromatic heterocycles. The van der Waals surface area contributed by atoms with Crippen molar-refractivity contribution in [1.82, 2.24) is 9.39 Å².